The minimum Gasteiger partial charge on any atom is -0.481 e. The van der Waals surface area contributed by atoms with Crippen molar-refractivity contribution in [3.05, 3.63) is 59.9 Å². The van der Waals surface area contributed by atoms with Crippen molar-refractivity contribution in [3.63, 3.8) is 0 Å². The van der Waals surface area contributed by atoms with Crippen LogP contribution >= 0.6 is 0 Å². The van der Waals surface area contributed by atoms with Crippen LogP contribution in [-0.4, -0.2) is 18.1 Å². The van der Waals surface area contributed by atoms with E-state index in [4.69, 9.17) is 4.74 Å². The van der Waals surface area contributed by atoms with Gasteiger partial charge >= 0.3 is 0 Å². The van der Waals surface area contributed by atoms with Crippen molar-refractivity contribution in [2.24, 2.45) is 0 Å². The average Bonchev–Trinajstić information content (AvgIpc) is 2.89. The third kappa shape index (κ3) is 3.07. The van der Waals surface area contributed by atoms with Crippen molar-refractivity contribution in [1.82, 2.24) is 0 Å². The number of ether oxygens (including phenoxy) is 1. The number of para-hydroxylation sites is 1. The molecule has 1 amide bonds. The van der Waals surface area contributed by atoms with E-state index in [1.165, 1.54) is 17.7 Å². The molecule has 0 saturated carbocycles. The summed E-state index contributed by atoms with van der Waals surface area (Å²) in [6.07, 6.45) is 0.838. The van der Waals surface area contributed by atoms with Gasteiger partial charge in [0.2, 0.25) is 0 Å². The highest BCUT2D eigenvalue weighted by atomic mass is 19.1. The molecule has 120 valence electrons. The van der Waals surface area contributed by atoms with Crippen LogP contribution < -0.4 is 9.64 Å². The van der Waals surface area contributed by atoms with E-state index in [1.54, 1.807) is 12.1 Å². The Labute approximate surface area is 135 Å². The lowest BCUT2D eigenvalue weighted by molar-refractivity contribution is -0.125. The number of nitrogens with zero attached hydrogens (tertiary/aromatic N) is 1. The molecule has 0 radical (unpaired) electrons. The minimum atomic E-state index is -0.575. The SMILES string of the molecule is CCC(Oc1ccc(F)cc1)C(=O)N1c2ccccc2CC1C. The van der Waals surface area contributed by atoms with Gasteiger partial charge in [-0.25, -0.2) is 4.39 Å². The predicted molar refractivity (Wildman–Crippen MR) is 88.2 cm³/mol. The molecule has 3 rings (SSSR count). The van der Waals surface area contributed by atoms with Gasteiger partial charge in [-0.15, -0.1) is 0 Å². The molecular formula is C19H20FNO2. The summed E-state index contributed by atoms with van der Waals surface area (Å²) in [6.45, 7) is 3.96. The molecule has 2 atom stereocenters. The summed E-state index contributed by atoms with van der Waals surface area (Å²) in [4.78, 5) is 14.8. The molecule has 4 heteroatoms. The van der Waals surface area contributed by atoms with Crippen molar-refractivity contribution in [1.29, 1.82) is 0 Å². The Kier molecular flexibility index (Phi) is 4.33. The molecule has 2 aromatic rings. The second-order valence-electron chi connectivity index (χ2n) is 5.86. The van der Waals surface area contributed by atoms with Crippen LogP contribution in [-0.2, 0) is 11.2 Å². The van der Waals surface area contributed by atoms with E-state index >= 15 is 0 Å². The van der Waals surface area contributed by atoms with E-state index in [0.29, 0.717) is 12.2 Å². The third-order valence-corrected chi connectivity index (χ3v) is 4.18. The van der Waals surface area contributed by atoms with Gasteiger partial charge in [0.1, 0.15) is 11.6 Å². The van der Waals surface area contributed by atoms with Crippen molar-refractivity contribution in [3.8, 4) is 5.75 Å². The molecule has 0 aromatic heterocycles. The number of hydrogen-bond acceptors (Lipinski definition) is 2. The maximum Gasteiger partial charge on any atom is 0.268 e. The van der Waals surface area contributed by atoms with Gasteiger partial charge in [-0.1, -0.05) is 25.1 Å². The highest BCUT2D eigenvalue weighted by Crippen LogP contribution is 2.33. The first-order chi connectivity index (χ1) is 11.1. The topological polar surface area (TPSA) is 29.5 Å². The van der Waals surface area contributed by atoms with E-state index in [0.717, 1.165) is 12.1 Å². The fourth-order valence-corrected chi connectivity index (χ4v) is 3.04. The summed E-state index contributed by atoms with van der Waals surface area (Å²) < 4.78 is 18.8. The molecule has 23 heavy (non-hydrogen) atoms. The van der Waals surface area contributed by atoms with Crippen molar-refractivity contribution < 1.29 is 13.9 Å². The van der Waals surface area contributed by atoms with Crippen molar-refractivity contribution in [2.75, 3.05) is 4.90 Å². The Bertz CT molecular complexity index is 699. The zero-order valence-electron chi connectivity index (χ0n) is 13.3. The minimum absolute atomic E-state index is 0.0470. The Morgan fingerprint density at radius 3 is 2.65 bits per heavy atom. The maximum atomic E-state index is 13.0. The Balaban J connectivity index is 1.81. The van der Waals surface area contributed by atoms with Crippen molar-refractivity contribution in [2.45, 2.75) is 38.8 Å². The fraction of sp³-hybridized carbons (Fsp3) is 0.316. The highest BCUT2D eigenvalue weighted by Gasteiger charge is 2.34. The molecule has 0 spiro atoms. The predicted octanol–water partition coefficient (Wildman–Crippen LogP) is 3.96. The van der Waals surface area contributed by atoms with Crippen molar-refractivity contribution >= 4 is 11.6 Å². The summed E-state index contributed by atoms with van der Waals surface area (Å²) >= 11 is 0. The maximum absolute atomic E-state index is 13.0. The number of amides is 1. The lowest BCUT2D eigenvalue weighted by Gasteiger charge is -2.27. The van der Waals surface area contributed by atoms with Gasteiger partial charge in [0, 0.05) is 11.7 Å². The average molecular weight is 313 g/mol. The van der Waals surface area contributed by atoms with E-state index < -0.39 is 6.10 Å². The van der Waals surface area contributed by atoms with Crippen LogP contribution in [0.25, 0.3) is 0 Å². The van der Waals surface area contributed by atoms with Crippen LogP contribution in [0.15, 0.2) is 48.5 Å². The smallest absolute Gasteiger partial charge is 0.268 e. The number of rotatable bonds is 4. The van der Waals surface area contributed by atoms with Gasteiger partial charge in [-0.3, -0.25) is 4.79 Å². The van der Waals surface area contributed by atoms with Crippen LogP contribution in [0.4, 0.5) is 10.1 Å². The summed E-state index contributed by atoms with van der Waals surface area (Å²) in [5.41, 5.74) is 2.15. The molecule has 2 aromatic carbocycles. The molecule has 0 aliphatic carbocycles. The summed E-state index contributed by atoms with van der Waals surface area (Å²) in [7, 11) is 0. The van der Waals surface area contributed by atoms with E-state index in [-0.39, 0.29) is 17.8 Å². The quantitative estimate of drug-likeness (QED) is 0.855. The summed E-state index contributed by atoms with van der Waals surface area (Å²) in [5, 5.41) is 0. The summed E-state index contributed by atoms with van der Waals surface area (Å²) in [5.74, 6) is 0.139. The molecule has 1 aliphatic rings. The number of anilines is 1. The molecule has 1 aliphatic heterocycles. The van der Waals surface area contributed by atoms with Crippen LogP contribution in [0.2, 0.25) is 0 Å². The van der Waals surface area contributed by atoms with Gasteiger partial charge < -0.3 is 9.64 Å². The second kappa shape index (κ2) is 6.41. The van der Waals surface area contributed by atoms with Gasteiger partial charge in [0.05, 0.1) is 0 Å². The third-order valence-electron chi connectivity index (χ3n) is 4.18. The number of halogens is 1. The number of carbonyl (C=O) groups excluding carboxylic acids is 1. The first-order valence-electron chi connectivity index (χ1n) is 7.93. The van der Waals surface area contributed by atoms with Gasteiger partial charge in [0.15, 0.2) is 6.10 Å². The number of fused-ring (bicyclic) bond motifs is 1. The standard InChI is InChI=1S/C19H20FNO2/c1-3-18(23-16-10-8-15(20)9-11-16)19(22)21-13(2)12-14-6-4-5-7-17(14)21/h4-11,13,18H,3,12H2,1-2H3. The molecular weight excluding hydrogens is 293 g/mol. The van der Waals surface area contributed by atoms with Gasteiger partial charge in [0.25, 0.3) is 5.91 Å². The highest BCUT2D eigenvalue weighted by molar-refractivity contribution is 5.99. The van der Waals surface area contributed by atoms with E-state index in [1.807, 2.05) is 36.9 Å². The second-order valence-corrected chi connectivity index (χ2v) is 5.86. The first kappa shape index (κ1) is 15.5. The Morgan fingerprint density at radius 2 is 1.96 bits per heavy atom. The molecule has 0 bridgehead atoms. The largest absolute Gasteiger partial charge is 0.481 e. The zero-order chi connectivity index (χ0) is 16.4. The Morgan fingerprint density at radius 1 is 1.26 bits per heavy atom. The lowest BCUT2D eigenvalue weighted by atomic mass is 10.1. The Hall–Kier alpha value is -2.36. The molecule has 0 saturated heterocycles. The van der Waals surface area contributed by atoms with E-state index in [9.17, 15) is 9.18 Å². The number of carbonyl (C=O) groups is 1. The zero-order valence-corrected chi connectivity index (χ0v) is 13.3. The molecule has 0 N–H and O–H groups in total. The number of benzene rings is 2. The molecule has 2 unspecified atom stereocenters. The van der Waals surface area contributed by atoms with Gasteiger partial charge in [-0.2, -0.15) is 0 Å². The van der Waals surface area contributed by atoms with Gasteiger partial charge in [-0.05, 0) is 55.7 Å². The lowest BCUT2D eigenvalue weighted by Crippen LogP contribution is -2.44. The van der Waals surface area contributed by atoms with Crippen LogP contribution in [0.1, 0.15) is 25.8 Å². The normalized spacial score (nSPS) is 17.7. The van der Waals surface area contributed by atoms with Crippen LogP contribution in [0.3, 0.4) is 0 Å². The molecule has 3 nitrogen and oxygen atoms in total. The first-order valence-corrected chi connectivity index (χ1v) is 7.93. The summed E-state index contributed by atoms with van der Waals surface area (Å²) in [6, 6.07) is 13.8. The monoisotopic (exact) mass is 313 g/mol. The fourth-order valence-electron chi connectivity index (χ4n) is 3.04. The number of hydrogen-bond donors (Lipinski definition) is 0. The molecule has 0 fully saturated rings. The van der Waals surface area contributed by atoms with Crippen LogP contribution in [0, 0.1) is 5.82 Å². The molecule has 1 heterocycles. The van der Waals surface area contributed by atoms with E-state index in [2.05, 4.69) is 6.07 Å². The van der Waals surface area contributed by atoms with Crippen LogP contribution in [0.5, 0.6) is 5.75 Å².